The highest BCUT2D eigenvalue weighted by Gasteiger charge is 2.34. The second-order valence-electron chi connectivity index (χ2n) is 6.07. The third-order valence-electron chi connectivity index (χ3n) is 4.62. The predicted octanol–water partition coefficient (Wildman–Crippen LogP) is 0.834. The van der Waals surface area contributed by atoms with Crippen molar-refractivity contribution in [3.63, 3.8) is 0 Å². The molecule has 104 valence electrons. The van der Waals surface area contributed by atoms with Crippen LogP contribution in [0.2, 0.25) is 0 Å². The first kappa shape index (κ1) is 13.8. The van der Waals surface area contributed by atoms with Gasteiger partial charge in [0.25, 0.3) is 0 Å². The average molecular weight is 253 g/mol. The van der Waals surface area contributed by atoms with Gasteiger partial charge in [0.1, 0.15) is 0 Å². The van der Waals surface area contributed by atoms with Crippen LogP contribution in [0, 0.1) is 11.3 Å². The van der Waals surface area contributed by atoms with E-state index in [0.717, 1.165) is 45.6 Å². The molecule has 4 nitrogen and oxygen atoms in total. The van der Waals surface area contributed by atoms with Gasteiger partial charge in [-0.2, -0.15) is 0 Å². The average Bonchev–Trinajstić information content (AvgIpc) is 2.84. The minimum Gasteiger partial charge on any atom is -0.355 e. The molecule has 2 fully saturated rings. The molecule has 2 aliphatic heterocycles. The van der Waals surface area contributed by atoms with Gasteiger partial charge < -0.3 is 15.5 Å². The summed E-state index contributed by atoms with van der Waals surface area (Å²) in [5, 5.41) is 6.50. The zero-order valence-corrected chi connectivity index (χ0v) is 11.8. The SMILES string of the molecule is CCN1CCC(CNC(=O)C2(C)CCNCC2)C1. The van der Waals surface area contributed by atoms with Gasteiger partial charge in [-0.15, -0.1) is 0 Å². The Kier molecular flexibility index (Phi) is 4.62. The van der Waals surface area contributed by atoms with Crippen LogP contribution in [-0.4, -0.2) is 50.1 Å². The fraction of sp³-hybridized carbons (Fsp3) is 0.929. The molecule has 0 aromatic heterocycles. The van der Waals surface area contributed by atoms with Crippen molar-refractivity contribution in [2.24, 2.45) is 11.3 Å². The fourth-order valence-electron chi connectivity index (χ4n) is 3.02. The van der Waals surface area contributed by atoms with E-state index in [1.165, 1.54) is 13.0 Å². The van der Waals surface area contributed by atoms with E-state index in [1.807, 2.05) is 0 Å². The largest absolute Gasteiger partial charge is 0.355 e. The molecule has 4 heteroatoms. The van der Waals surface area contributed by atoms with Crippen LogP contribution in [0.4, 0.5) is 0 Å². The summed E-state index contributed by atoms with van der Waals surface area (Å²) < 4.78 is 0. The summed E-state index contributed by atoms with van der Waals surface area (Å²) in [7, 11) is 0. The van der Waals surface area contributed by atoms with E-state index < -0.39 is 0 Å². The summed E-state index contributed by atoms with van der Waals surface area (Å²) >= 11 is 0. The lowest BCUT2D eigenvalue weighted by Crippen LogP contribution is -2.47. The van der Waals surface area contributed by atoms with Gasteiger partial charge in [0.15, 0.2) is 0 Å². The summed E-state index contributed by atoms with van der Waals surface area (Å²) in [6, 6.07) is 0. The molecule has 0 aliphatic carbocycles. The topological polar surface area (TPSA) is 44.4 Å². The Labute approximate surface area is 110 Å². The van der Waals surface area contributed by atoms with Crippen LogP contribution in [0.25, 0.3) is 0 Å². The second kappa shape index (κ2) is 6.02. The van der Waals surface area contributed by atoms with Gasteiger partial charge in [-0.3, -0.25) is 4.79 Å². The molecule has 0 aromatic rings. The van der Waals surface area contributed by atoms with Crippen molar-refractivity contribution in [2.75, 3.05) is 39.3 Å². The Morgan fingerprint density at radius 2 is 2.17 bits per heavy atom. The van der Waals surface area contributed by atoms with Crippen molar-refractivity contribution in [3.8, 4) is 0 Å². The first-order valence-corrected chi connectivity index (χ1v) is 7.35. The smallest absolute Gasteiger partial charge is 0.226 e. The highest BCUT2D eigenvalue weighted by atomic mass is 16.2. The minimum absolute atomic E-state index is 0.145. The lowest BCUT2D eigenvalue weighted by molar-refractivity contribution is -0.131. The molecule has 1 unspecified atom stereocenters. The molecule has 2 aliphatic rings. The summed E-state index contributed by atoms with van der Waals surface area (Å²) in [4.78, 5) is 14.7. The van der Waals surface area contributed by atoms with Crippen molar-refractivity contribution in [2.45, 2.75) is 33.1 Å². The number of hydrogen-bond acceptors (Lipinski definition) is 3. The first-order valence-electron chi connectivity index (χ1n) is 7.35. The van der Waals surface area contributed by atoms with Crippen molar-refractivity contribution < 1.29 is 4.79 Å². The van der Waals surface area contributed by atoms with Crippen LogP contribution < -0.4 is 10.6 Å². The number of hydrogen-bond donors (Lipinski definition) is 2. The van der Waals surface area contributed by atoms with Gasteiger partial charge >= 0.3 is 0 Å². The number of carbonyl (C=O) groups excluding carboxylic acids is 1. The molecular formula is C14H27N3O. The molecule has 2 saturated heterocycles. The van der Waals surface area contributed by atoms with Crippen LogP contribution in [0.15, 0.2) is 0 Å². The Hall–Kier alpha value is -0.610. The molecule has 1 amide bonds. The summed E-state index contributed by atoms with van der Waals surface area (Å²) in [6.45, 7) is 10.6. The molecule has 2 rings (SSSR count). The van der Waals surface area contributed by atoms with E-state index in [-0.39, 0.29) is 11.3 Å². The highest BCUT2D eigenvalue weighted by Crippen LogP contribution is 2.28. The zero-order chi connectivity index (χ0) is 13.0. The van der Waals surface area contributed by atoms with Crippen molar-refractivity contribution in [1.29, 1.82) is 0 Å². The van der Waals surface area contributed by atoms with E-state index in [9.17, 15) is 4.79 Å². The number of likely N-dealkylation sites (tertiary alicyclic amines) is 1. The molecule has 0 spiro atoms. The molecule has 2 heterocycles. The van der Waals surface area contributed by atoms with E-state index in [2.05, 4.69) is 29.4 Å². The maximum atomic E-state index is 12.3. The van der Waals surface area contributed by atoms with Crippen molar-refractivity contribution in [1.82, 2.24) is 15.5 Å². The lowest BCUT2D eigenvalue weighted by Gasteiger charge is -2.32. The predicted molar refractivity (Wildman–Crippen MR) is 73.4 cm³/mol. The molecule has 0 aromatic carbocycles. The van der Waals surface area contributed by atoms with Gasteiger partial charge in [0, 0.05) is 18.5 Å². The molecule has 0 bridgehead atoms. The van der Waals surface area contributed by atoms with Crippen LogP contribution in [-0.2, 0) is 4.79 Å². The molecule has 18 heavy (non-hydrogen) atoms. The lowest BCUT2D eigenvalue weighted by atomic mass is 9.80. The fourth-order valence-corrected chi connectivity index (χ4v) is 3.02. The Balaban J connectivity index is 1.74. The Bertz CT molecular complexity index is 287. The van der Waals surface area contributed by atoms with Gasteiger partial charge in [-0.05, 0) is 51.4 Å². The van der Waals surface area contributed by atoms with Crippen LogP contribution in [0.5, 0.6) is 0 Å². The van der Waals surface area contributed by atoms with Gasteiger partial charge in [-0.25, -0.2) is 0 Å². The second-order valence-corrected chi connectivity index (χ2v) is 6.07. The third kappa shape index (κ3) is 3.23. The Morgan fingerprint density at radius 1 is 1.44 bits per heavy atom. The number of nitrogens with one attached hydrogen (secondary N) is 2. The third-order valence-corrected chi connectivity index (χ3v) is 4.62. The van der Waals surface area contributed by atoms with Crippen LogP contribution >= 0.6 is 0 Å². The van der Waals surface area contributed by atoms with Gasteiger partial charge in [0.05, 0.1) is 0 Å². The number of piperidine rings is 1. The quantitative estimate of drug-likeness (QED) is 0.780. The van der Waals surface area contributed by atoms with Crippen molar-refractivity contribution >= 4 is 5.91 Å². The summed E-state index contributed by atoms with van der Waals surface area (Å²) in [5.41, 5.74) is -0.145. The van der Waals surface area contributed by atoms with Crippen LogP contribution in [0.1, 0.15) is 33.1 Å². The molecule has 0 radical (unpaired) electrons. The molecule has 1 atom stereocenters. The number of carbonyl (C=O) groups is 1. The Morgan fingerprint density at radius 3 is 2.78 bits per heavy atom. The van der Waals surface area contributed by atoms with Gasteiger partial charge in [0.2, 0.25) is 5.91 Å². The monoisotopic (exact) mass is 253 g/mol. The highest BCUT2D eigenvalue weighted by molar-refractivity contribution is 5.82. The van der Waals surface area contributed by atoms with Crippen LogP contribution in [0.3, 0.4) is 0 Å². The minimum atomic E-state index is -0.145. The summed E-state index contributed by atoms with van der Waals surface area (Å²) in [6.07, 6.45) is 3.15. The number of rotatable bonds is 4. The zero-order valence-electron chi connectivity index (χ0n) is 11.8. The first-order chi connectivity index (χ1) is 8.64. The summed E-state index contributed by atoms with van der Waals surface area (Å²) in [5.74, 6) is 0.915. The number of amides is 1. The van der Waals surface area contributed by atoms with E-state index in [0.29, 0.717) is 5.92 Å². The molecular weight excluding hydrogens is 226 g/mol. The normalized spacial score (nSPS) is 28.2. The van der Waals surface area contributed by atoms with E-state index in [1.54, 1.807) is 0 Å². The maximum absolute atomic E-state index is 12.3. The van der Waals surface area contributed by atoms with Gasteiger partial charge in [-0.1, -0.05) is 13.8 Å². The maximum Gasteiger partial charge on any atom is 0.226 e. The van der Waals surface area contributed by atoms with E-state index in [4.69, 9.17) is 0 Å². The molecule has 2 N–H and O–H groups in total. The molecule has 0 saturated carbocycles. The van der Waals surface area contributed by atoms with Crippen molar-refractivity contribution in [3.05, 3.63) is 0 Å². The number of nitrogens with zero attached hydrogens (tertiary/aromatic N) is 1. The standard InChI is InChI=1S/C14H27N3O/c1-3-17-9-4-12(11-17)10-16-13(18)14(2)5-7-15-8-6-14/h12,15H,3-11H2,1-2H3,(H,16,18). The van der Waals surface area contributed by atoms with E-state index >= 15 is 0 Å².